The van der Waals surface area contributed by atoms with Crippen molar-refractivity contribution in [2.24, 2.45) is 0 Å². The van der Waals surface area contributed by atoms with E-state index in [4.69, 9.17) is 16.6 Å². The lowest BCUT2D eigenvalue weighted by atomic mass is 9.95. The largest absolute Gasteiger partial charge is 0.337 e. The Kier molecular flexibility index (Phi) is 10.6. The van der Waals surface area contributed by atoms with E-state index in [2.05, 4.69) is 49.3 Å². The van der Waals surface area contributed by atoms with E-state index in [0.717, 1.165) is 47.1 Å². The number of carbonyl (C=O) groups is 2. The SMILES string of the molecule is CC(C)NC(=O)N1CCN([C@@H]2c3ccc(Cl)cc3CCc3cc(Br)cnc32)C[C@@H]1C(=O)N(CCCn1ccnc1)Cc1ccccc1. The summed E-state index contributed by atoms with van der Waals surface area (Å²) in [5.74, 6) is -0.0583. The monoisotopic (exact) mass is 717 g/mol. The highest BCUT2D eigenvalue weighted by Gasteiger charge is 2.42. The zero-order valence-corrected chi connectivity index (χ0v) is 29.2. The molecule has 0 unspecified atom stereocenters. The number of nitrogens with one attached hydrogen (secondary N) is 1. The third-order valence-corrected chi connectivity index (χ3v) is 9.63. The summed E-state index contributed by atoms with van der Waals surface area (Å²) >= 11 is 10.1. The maximum absolute atomic E-state index is 14.8. The van der Waals surface area contributed by atoms with Crippen molar-refractivity contribution in [2.75, 3.05) is 26.2 Å². The predicted molar refractivity (Wildman–Crippen MR) is 187 cm³/mol. The van der Waals surface area contributed by atoms with Crippen LogP contribution in [-0.2, 0) is 30.7 Å². The first kappa shape index (κ1) is 33.2. The number of halogens is 2. The van der Waals surface area contributed by atoms with Crippen molar-refractivity contribution in [3.63, 3.8) is 0 Å². The molecule has 1 aliphatic heterocycles. The number of aryl methyl sites for hydroxylation is 3. The summed E-state index contributed by atoms with van der Waals surface area (Å²) in [5.41, 5.74) is 5.54. The second kappa shape index (κ2) is 15.0. The van der Waals surface area contributed by atoms with Crippen molar-refractivity contribution >= 4 is 39.5 Å². The molecular formula is C36H41BrClN7O2. The topological polar surface area (TPSA) is 86.6 Å². The van der Waals surface area contributed by atoms with Gasteiger partial charge < -0.3 is 19.7 Å². The maximum atomic E-state index is 14.8. The number of hydrogen-bond donors (Lipinski definition) is 1. The average Bonchev–Trinajstić information content (AvgIpc) is 3.53. The minimum absolute atomic E-state index is 0.0557. The number of nitrogens with zero attached hydrogens (tertiary/aromatic N) is 6. The van der Waals surface area contributed by atoms with E-state index in [1.54, 1.807) is 17.4 Å². The molecule has 2 aliphatic rings. The molecule has 2 aromatic carbocycles. The Morgan fingerprint density at radius 3 is 2.66 bits per heavy atom. The second-order valence-corrected chi connectivity index (χ2v) is 14.0. The highest BCUT2D eigenvalue weighted by atomic mass is 79.9. The van der Waals surface area contributed by atoms with Crippen LogP contribution in [0.25, 0.3) is 0 Å². The molecule has 9 nitrogen and oxygen atoms in total. The second-order valence-electron chi connectivity index (χ2n) is 12.7. The van der Waals surface area contributed by atoms with Gasteiger partial charge in [0.15, 0.2) is 0 Å². The summed E-state index contributed by atoms with van der Waals surface area (Å²) in [6.45, 7) is 7.02. The molecule has 47 heavy (non-hydrogen) atoms. The summed E-state index contributed by atoms with van der Waals surface area (Å²) in [5, 5.41) is 3.76. The normalized spacial score (nSPS) is 17.9. The van der Waals surface area contributed by atoms with Crippen LogP contribution >= 0.6 is 27.5 Å². The molecule has 3 amide bonds. The molecule has 2 aromatic heterocycles. The molecule has 1 N–H and O–H groups in total. The molecule has 2 atom stereocenters. The Hall–Kier alpha value is -3.73. The summed E-state index contributed by atoms with van der Waals surface area (Å²) in [6, 6.07) is 17.2. The van der Waals surface area contributed by atoms with Gasteiger partial charge in [-0.15, -0.1) is 0 Å². The van der Waals surface area contributed by atoms with Crippen molar-refractivity contribution in [2.45, 2.75) is 64.3 Å². The zero-order valence-electron chi connectivity index (χ0n) is 26.9. The number of hydrogen-bond acceptors (Lipinski definition) is 5. The number of benzene rings is 2. The summed E-state index contributed by atoms with van der Waals surface area (Å²) in [6.07, 6.45) is 9.78. The van der Waals surface area contributed by atoms with Crippen LogP contribution in [0.1, 0.15) is 54.3 Å². The standard InChI is InChI=1S/C36H41BrClN7O2/c1-25(2)41-36(47)45-18-17-43(34-31-12-11-30(38)20-27(31)9-10-28-19-29(37)21-40-33(28)34)23-32(45)35(46)44(22-26-7-4-3-5-8-26)15-6-14-42-16-13-39-24-42/h3-5,7-8,11-13,16,19-21,24-25,32,34H,6,9-10,14-15,17-18,22-23H2,1-2H3,(H,41,47)/t32-,34-/m1/s1. The highest BCUT2D eigenvalue weighted by molar-refractivity contribution is 9.10. The number of carbonyl (C=O) groups excluding carboxylic acids is 2. The molecule has 246 valence electrons. The molecule has 1 fully saturated rings. The van der Waals surface area contributed by atoms with Gasteiger partial charge in [-0.05, 0) is 89.5 Å². The first-order valence-corrected chi connectivity index (χ1v) is 17.5. The molecule has 0 radical (unpaired) electrons. The number of piperazine rings is 1. The van der Waals surface area contributed by atoms with Crippen LogP contribution in [0.15, 0.2) is 84.0 Å². The fourth-order valence-electron chi connectivity index (χ4n) is 6.75. The van der Waals surface area contributed by atoms with Crippen molar-refractivity contribution in [3.8, 4) is 0 Å². The van der Waals surface area contributed by atoms with Gasteiger partial charge in [-0.2, -0.15) is 0 Å². The lowest BCUT2D eigenvalue weighted by molar-refractivity contribution is -0.139. The Labute approximate surface area is 290 Å². The molecule has 0 spiro atoms. The highest BCUT2D eigenvalue weighted by Crippen LogP contribution is 2.38. The lowest BCUT2D eigenvalue weighted by Crippen LogP contribution is -2.63. The van der Waals surface area contributed by atoms with Gasteiger partial charge in [0.25, 0.3) is 0 Å². The molecule has 0 saturated carbocycles. The maximum Gasteiger partial charge on any atom is 0.318 e. The number of rotatable bonds is 9. The molecule has 3 heterocycles. The van der Waals surface area contributed by atoms with E-state index in [0.29, 0.717) is 37.7 Å². The van der Waals surface area contributed by atoms with E-state index in [1.165, 1.54) is 11.1 Å². The molecule has 1 aliphatic carbocycles. The smallest absolute Gasteiger partial charge is 0.318 e. The van der Waals surface area contributed by atoms with Gasteiger partial charge >= 0.3 is 6.03 Å². The van der Waals surface area contributed by atoms with Gasteiger partial charge in [-0.3, -0.25) is 14.7 Å². The summed E-state index contributed by atoms with van der Waals surface area (Å²) in [7, 11) is 0. The Balaban J connectivity index is 1.35. The summed E-state index contributed by atoms with van der Waals surface area (Å²) < 4.78 is 2.96. The molecule has 4 aromatic rings. The minimum atomic E-state index is -0.683. The van der Waals surface area contributed by atoms with Crippen molar-refractivity contribution in [1.29, 1.82) is 0 Å². The van der Waals surface area contributed by atoms with E-state index in [1.807, 2.05) is 72.1 Å². The molecule has 0 bridgehead atoms. The van der Waals surface area contributed by atoms with Crippen LogP contribution in [0, 0.1) is 0 Å². The first-order valence-electron chi connectivity index (χ1n) is 16.3. The van der Waals surface area contributed by atoms with Gasteiger partial charge in [-0.25, -0.2) is 9.78 Å². The van der Waals surface area contributed by atoms with Crippen LogP contribution in [0.2, 0.25) is 5.02 Å². The first-order chi connectivity index (χ1) is 22.8. The van der Waals surface area contributed by atoms with E-state index in [-0.39, 0.29) is 24.0 Å². The van der Waals surface area contributed by atoms with Crippen molar-refractivity contribution in [1.82, 2.24) is 34.6 Å². The third kappa shape index (κ3) is 7.88. The number of amides is 3. The quantitative estimate of drug-likeness (QED) is 0.226. The van der Waals surface area contributed by atoms with Gasteiger partial charge in [0.05, 0.1) is 18.1 Å². The van der Waals surface area contributed by atoms with Crippen LogP contribution in [0.3, 0.4) is 0 Å². The fourth-order valence-corrected chi connectivity index (χ4v) is 7.32. The van der Waals surface area contributed by atoms with Gasteiger partial charge in [0, 0.05) is 73.4 Å². The van der Waals surface area contributed by atoms with Crippen LogP contribution in [-0.4, -0.2) is 79.4 Å². The van der Waals surface area contributed by atoms with Gasteiger partial charge in [-0.1, -0.05) is 48.0 Å². The van der Waals surface area contributed by atoms with Gasteiger partial charge in [0.2, 0.25) is 5.91 Å². The van der Waals surface area contributed by atoms with E-state index < -0.39 is 6.04 Å². The predicted octanol–water partition coefficient (Wildman–Crippen LogP) is 6.11. The molecule has 1 saturated heterocycles. The summed E-state index contributed by atoms with van der Waals surface area (Å²) in [4.78, 5) is 43.6. The Morgan fingerprint density at radius 2 is 1.89 bits per heavy atom. The third-order valence-electron chi connectivity index (χ3n) is 8.96. The number of fused-ring (bicyclic) bond motifs is 2. The fraction of sp³-hybridized carbons (Fsp3) is 0.389. The molecular weight excluding hydrogens is 678 g/mol. The van der Waals surface area contributed by atoms with Crippen molar-refractivity contribution < 1.29 is 9.59 Å². The van der Waals surface area contributed by atoms with Crippen LogP contribution in [0.5, 0.6) is 0 Å². The zero-order chi connectivity index (χ0) is 32.9. The van der Waals surface area contributed by atoms with Crippen molar-refractivity contribution in [3.05, 3.63) is 117 Å². The van der Waals surface area contributed by atoms with Crippen LogP contribution < -0.4 is 5.32 Å². The van der Waals surface area contributed by atoms with Gasteiger partial charge in [0.1, 0.15) is 6.04 Å². The molecule has 11 heteroatoms. The lowest BCUT2D eigenvalue weighted by Gasteiger charge is -2.45. The minimum Gasteiger partial charge on any atom is -0.337 e. The molecule has 6 rings (SSSR count). The number of pyridine rings is 1. The average molecular weight is 719 g/mol. The van der Waals surface area contributed by atoms with E-state index >= 15 is 0 Å². The van der Waals surface area contributed by atoms with E-state index in [9.17, 15) is 9.59 Å². The number of aromatic nitrogens is 3. The Bertz CT molecular complexity index is 1630. The Morgan fingerprint density at radius 1 is 1.09 bits per heavy atom. The number of imidazole rings is 1. The van der Waals surface area contributed by atoms with Crippen LogP contribution in [0.4, 0.5) is 4.79 Å². The number of urea groups is 1.